The maximum atomic E-state index is 9.26. The van der Waals surface area contributed by atoms with Crippen molar-refractivity contribution in [3.05, 3.63) is 29.8 Å². The monoisotopic (exact) mass is 264 g/mol. The lowest BCUT2D eigenvalue weighted by atomic mass is 9.92. The van der Waals surface area contributed by atoms with Crippen LogP contribution in [-0.4, -0.2) is 36.2 Å². The van der Waals surface area contributed by atoms with Gasteiger partial charge in [-0.25, -0.2) is 0 Å². The van der Waals surface area contributed by atoms with E-state index in [9.17, 15) is 5.11 Å². The first-order valence-electron chi connectivity index (χ1n) is 7.02. The molecule has 1 aromatic rings. The van der Waals surface area contributed by atoms with E-state index < -0.39 is 0 Å². The molecule has 1 unspecified atom stereocenters. The van der Waals surface area contributed by atoms with Gasteiger partial charge in [0.05, 0.1) is 0 Å². The van der Waals surface area contributed by atoms with Gasteiger partial charge in [0.25, 0.3) is 0 Å². The van der Waals surface area contributed by atoms with Crippen LogP contribution < -0.4 is 5.73 Å². The Morgan fingerprint density at radius 2 is 1.84 bits per heavy atom. The van der Waals surface area contributed by atoms with Gasteiger partial charge in [-0.1, -0.05) is 26.0 Å². The van der Waals surface area contributed by atoms with Crippen molar-refractivity contribution in [3.8, 4) is 5.75 Å². The number of nitrogens with zero attached hydrogens (tertiary/aromatic N) is 1. The van der Waals surface area contributed by atoms with Crippen LogP contribution in [0.25, 0.3) is 0 Å². The second kappa shape index (κ2) is 6.92. The fourth-order valence-corrected chi connectivity index (χ4v) is 2.15. The van der Waals surface area contributed by atoms with E-state index in [1.54, 1.807) is 12.1 Å². The minimum absolute atomic E-state index is 0.168. The van der Waals surface area contributed by atoms with Crippen LogP contribution in [0.5, 0.6) is 5.75 Å². The molecule has 3 nitrogen and oxygen atoms in total. The molecule has 0 aromatic heterocycles. The van der Waals surface area contributed by atoms with Gasteiger partial charge in [-0.05, 0) is 56.5 Å². The molecule has 1 atom stereocenters. The molecule has 0 amide bonds. The summed E-state index contributed by atoms with van der Waals surface area (Å²) in [7, 11) is 2.17. The van der Waals surface area contributed by atoms with Crippen molar-refractivity contribution in [1.82, 2.24) is 4.90 Å². The molecule has 0 aliphatic carbocycles. The van der Waals surface area contributed by atoms with Gasteiger partial charge in [-0.15, -0.1) is 0 Å². The number of hydrogen-bond donors (Lipinski definition) is 2. The Labute approximate surface area is 117 Å². The van der Waals surface area contributed by atoms with Crippen molar-refractivity contribution in [1.29, 1.82) is 0 Å². The normalized spacial score (nSPS) is 13.8. The average molecular weight is 264 g/mol. The van der Waals surface area contributed by atoms with Crippen LogP contribution in [0, 0.1) is 5.41 Å². The summed E-state index contributed by atoms with van der Waals surface area (Å²) in [6, 6.07) is 8.01. The maximum absolute atomic E-state index is 9.26. The van der Waals surface area contributed by atoms with E-state index in [1.165, 1.54) is 5.56 Å². The van der Waals surface area contributed by atoms with E-state index in [0.717, 1.165) is 19.4 Å². The van der Waals surface area contributed by atoms with Crippen molar-refractivity contribution in [3.63, 3.8) is 0 Å². The third kappa shape index (κ3) is 5.62. The number of benzene rings is 1. The lowest BCUT2D eigenvalue weighted by Gasteiger charge is -2.33. The topological polar surface area (TPSA) is 49.5 Å². The number of aryl methyl sites for hydroxylation is 1. The van der Waals surface area contributed by atoms with Gasteiger partial charge in [0.15, 0.2) is 0 Å². The Hall–Kier alpha value is -1.06. The van der Waals surface area contributed by atoms with E-state index in [2.05, 4.69) is 32.7 Å². The molecule has 0 spiro atoms. The van der Waals surface area contributed by atoms with Crippen LogP contribution >= 0.6 is 0 Å². The minimum Gasteiger partial charge on any atom is -0.508 e. The second-order valence-corrected chi connectivity index (χ2v) is 6.34. The largest absolute Gasteiger partial charge is 0.508 e. The quantitative estimate of drug-likeness (QED) is 0.796. The molecular formula is C16H28N2O. The summed E-state index contributed by atoms with van der Waals surface area (Å²) in [6.07, 6.45) is 2.15. The number of nitrogens with two attached hydrogens (primary N) is 1. The van der Waals surface area contributed by atoms with Gasteiger partial charge in [0.2, 0.25) is 0 Å². The van der Waals surface area contributed by atoms with Crippen molar-refractivity contribution < 1.29 is 5.11 Å². The highest BCUT2D eigenvalue weighted by atomic mass is 16.3. The fraction of sp³-hybridized carbons (Fsp3) is 0.625. The standard InChI is InChI=1S/C16H28N2O/c1-13(18(4)12-16(2,3)11-17)5-6-14-7-9-15(19)10-8-14/h7-10,13,19H,5-6,11-12,17H2,1-4H3. The molecule has 19 heavy (non-hydrogen) atoms. The third-order valence-electron chi connectivity index (χ3n) is 3.77. The number of aromatic hydroxyl groups is 1. The highest BCUT2D eigenvalue weighted by Gasteiger charge is 2.20. The Morgan fingerprint density at radius 3 is 2.37 bits per heavy atom. The number of phenols is 1. The average Bonchev–Trinajstić information content (AvgIpc) is 2.37. The zero-order valence-electron chi connectivity index (χ0n) is 12.7. The van der Waals surface area contributed by atoms with Gasteiger partial charge >= 0.3 is 0 Å². The molecule has 1 rings (SSSR count). The van der Waals surface area contributed by atoms with Crippen LogP contribution in [0.2, 0.25) is 0 Å². The summed E-state index contributed by atoms with van der Waals surface area (Å²) in [5.74, 6) is 0.332. The summed E-state index contributed by atoms with van der Waals surface area (Å²) in [5, 5.41) is 9.26. The lowest BCUT2D eigenvalue weighted by molar-refractivity contribution is 0.167. The van der Waals surface area contributed by atoms with E-state index in [-0.39, 0.29) is 5.41 Å². The first-order chi connectivity index (χ1) is 8.84. The molecule has 0 saturated heterocycles. The van der Waals surface area contributed by atoms with Crippen LogP contribution in [0.15, 0.2) is 24.3 Å². The Bertz CT molecular complexity index is 373. The van der Waals surface area contributed by atoms with Crippen LogP contribution in [-0.2, 0) is 6.42 Å². The Kier molecular flexibility index (Phi) is 5.83. The lowest BCUT2D eigenvalue weighted by Crippen LogP contribution is -2.41. The zero-order chi connectivity index (χ0) is 14.5. The van der Waals surface area contributed by atoms with Gasteiger partial charge < -0.3 is 15.7 Å². The highest BCUT2D eigenvalue weighted by molar-refractivity contribution is 5.25. The van der Waals surface area contributed by atoms with E-state index in [0.29, 0.717) is 18.3 Å². The van der Waals surface area contributed by atoms with Crippen LogP contribution in [0.3, 0.4) is 0 Å². The minimum atomic E-state index is 0.168. The summed E-state index contributed by atoms with van der Waals surface area (Å²) in [6.45, 7) is 8.39. The van der Waals surface area contributed by atoms with Crippen molar-refractivity contribution in [2.45, 2.75) is 39.7 Å². The molecule has 0 fully saturated rings. The van der Waals surface area contributed by atoms with Gasteiger partial charge in [-0.3, -0.25) is 0 Å². The molecule has 0 saturated carbocycles. The van der Waals surface area contributed by atoms with Crippen molar-refractivity contribution in [2.24, 2.45) is 11.1 Å². The number of rotatable bonds is 7. The molecule has 3 heteroatoms. The summed E-state index contributed by atoms with van der Waals surface area (Å²) in [5.41, 5.74) is 7.23. The SMILES string of the molecule is CC(CCc1ccc(O)cc1)N(C)CC(C)(C)CN. The van der Waals surface area contributed by atoms with Gasteiger partial charge in [-0.2, -0.15) is 0 Å². The van der Waals surface area contributed by atoms with Gasteiger partial charge in [0.1, 0.15) is 5.75 Å². The molecule has 108 valence electrons. The van der Waals surface area contributed by atoms with Crippen LogP contribution in [0.4, 0.5) is 0 Å². The summed E-state index contributed by atoms with van der Waals surface area (Å²) in [4.78, 5) is 2.38. The van der Waals surface area contributed by atoms with E-state index in [4.69, 9.17) is 5.73 Å². The maximum Gasteiger partial charge on any atom is 0.115 e. The summed E-state index contributed by atoms with van der Waals surface area (Å²) < 4.78 is 0. The fourth-order valence-electron chi connectivity index (χ4n) is 2.15. The second-order valence-electron chi connectivity index (χ2n) is 6.34. The molecule has 0 aliphatic rings. The molecular weight excluding hydrogens is 236 g/mol. The van der Waals surface area contributed by atoms with E-state index >= 15 is 0 Å². The smallest absolute Gasteiger partial charge is 0.115 e. The first-order valence-corrected chi connectivity index (χ1v) is 7.02. The third-order valence-corrected chi connectivity index (χ3v) is 3.77. The predicted octanol–water partition coefficient (Wildman–Crippen LogP) is 2.63. The predicted molar refractivity (Wildman–Crippen MR) is 81.4 cm³/mol. The highest BCUT2D eigenvalue weighted by Crippen LogP contribution is 2.18. The van der Waals surface area contributed by atoms with Crippen molar-refractivity contribution in [2.75, 3.05) is 20.1 Å². The number of phenolic OH excluding ortho intramolecular Hbond substituents is 1. The molecule has 3 N–H and O–H groups in total. The molecule has 0 heterocycles. The Morgan fingerprint density at radius 1 is 1.26 bits per heavy atom. The molecule has 1 aromatic carbocycles. The van der Waals surface area contributed by atoms with Crippen molar-refractivity contribution >= 4 is 0 Å². The molecule has 0 radical (unpaired) electrons. The summed E-state index contributed by atoms with van der Waals surface area (Å²) >= 11 is 0. The van der Waals surface area contributed by atoms with E-state index in [1.807, 2.05) is 12.1 Å². The van der Waals surface area contributed by atoms with Gasteiger partial charge in [0, 0.05) is 12.6 Å². The van der Waals surface area contributed by atoms with Crippen LogP contribution in [0.1, 0.15) is 32.8 Å². The number of hydrogen-bond acceptors (Lipinski definition) is 3. The molecule has 0 aliphatic heterocycles. The zero-order valence-corrected chi connectivity index (χ0v) is 12.7. The molecule has 0 bridgehead atoms. The Balaban J connectivity index is 2.42. The first kappa shape index (κ1) is 16.0.